The number of aromatic nitrogens is 1. The number of fused-ring (bicyclic) bond motifs is 3. The van der Waals surface area contributed by atoms with E-state index in [0.717, 1.165) is 10.9 Å². The van der Waals surface area contributed by atoms with Gasteiger partial charge in [-0.05, 0) is 45.4 Å². The molecule has 6 nitrogen and oxygen atoms in total. The topological polar surface area (TPSA) is 71.4 Å². The smallest absolute Gasteiger partial charge is 0.272 e. The number of nitrogens with one attached hydrogen (secondary N) is 1. The second kappa shape index (κ2) is 7.13. The van der Waals surface area contributed by atoms with Gasteiger partial charge in [-0.25, -0.2) is 0 Å². The van der Waals surface area contributed by atoms with Crippen LogP contribution in [0.25, 0.3) is 10.9 Å². The molecule has 1 aliphatic heterocycles. The first-order valence-corrected chi connectivity index (χ1v) is 9.99. The first-order chi connectivity index (χ1) is 14.2. The first-order valence-electron chi connectivity index (χ1n) is 9.99. The van der Waals surface area contributed by atoms with Gasteiger partial charge in [-0.1, -0.05) is 48.0 Å². The van der Waals surface area contributed by atoms with Crippen molar-refractivity contribution in [1.82, 2.24) is 14.8 Å². The highest BCUT2D eigenvalue weighted by molar-refractivity contribution is 6.10. The molecule has 2 amide bonds. The Morgan fingerprint density at radius 3 is 2.37 bits per heavy atom. The zero-order valence-electron chi connectivity index (χ0n) is 17.6. The van der Waals surface area contributed by atoms with Crippen LogP contribution in [0.4, 0.5) is 0 Å². The molecule has 0 fully saturated rings. The molecule has 4 rings (SSSR count). The molecule has 1 aliphatic rings. The Kier molecular flexibility index (Phi) is 4.73. The number of benzene rings is 2. The van der Waals surface area contributed by atoms with Crippen LogP contribution in [0.15, 0.2) is 54.6 Å². The van der Waals surface area contributed by atoms with Crippen molar-refractivity contribution >= 4 is 28.6 Å². The fourth-order valence-corrected chi connectivity index (χ4v) is 3.88. The molecule has 1 unspecified atom stereocenters. The summed E-state index contributed by atoms with van der Waals surface area (Å²) in [5.74, 6) is -0.871. The largest absolute Gasteiger partial charge is 0.349 e. The Bertz CT molecular complexity index is 1150. The molecule has 0 radical (unpaired) electrons. The van der Waals surface area contributed by atoms with Crippen molar-refractivity contribution in [3.63, 3.8) is 0 Å². The van der Waals surface area contributed by atoms with E-state index < -0.39 is 11.6 Å². The Balaban J connectivity index is 1.80. The summed E-state index contributed by atoms with van der Waals surface area (Å²) >= 11 is 0. The van der Waals surface area contributed by atoms with Gasteiger partial charge >= 0.3 is 0 Å². The molecule has 6 heteroatoms. The number of aryl methyl sites for hydroxylation is 1. The van der Waals surface area contributed by atoms with Crippen molar-refractivity contribution in [2.75, 3.05) is 6.54 Å². The maximum absolute atomic E-state index is 13.5. The minimum Gasteiger partial charge on any atom is -0.349 e. The average molecular weight is 403 g/mol. The maximum atomic E-state index is 13.5. The van der Waals surface area contributed by atoms with Crippen molar-refractivity contribution in [2.24, 2.45) is 0 Å². The van der Waals surface area contributed by atoms with Gasteiger partial charge in [0.25, 0.3) is 11.8 Å². The van der Waals surface area contributed by atoms with Gasteiger partial charge in [0.1, 0.15) is 18.3 Å². The van der Waals surface area contributed by atoms with Crippen LogP contribution in [0.2, 0.25) is 0 Å². The molecule has 0 bridgehead atoms. The third-order valence-electron chi connectivity index (χ3n) is 5.20. The standard InChI is InChI=1S/C24H25N3O3/c1-15-9-11-16(12-10-15)21(22(29)25-24(2,3)4)26-14-20(28)27-18-8-6-5-7-17(18)13-19(27)23(26)30/h5-13,21H,14H2,1-4H3,(H,25,29). The average Bonchev–Trinajstić information content (AvgIpc) is 3.06. The molecule has 30 heavy (non-hydrogen) atoms. The molecule has 3 aromatic rings. The summed E-state index contributed by atoms with van der Waals surface area (Å²) in [6, 6.07) is 15.7. The summed E-state index contributed by atoms with van der Waals surface area (Å²) in [6.07, 6.45) is 0. The van der Waals surface area contributed by atoms with E-state index in [1.165, 1.54) is 9.47 Å². The third kappa shape index (κ3) is 3.49. The van der Waals surface area contributed by atoms with Crippen LogP contribution in [0.5, 0.6) is 0 Å². The first kappa shape index (κ1) is 19.9. The Labute approximate surface area is 175 Å². The summed E-state index contributed by atoms with van der Waals surface area (Å²) in [5, 5.41) is 3.79. The summed E-state index contributed by atoms with van der Waals surface area (Å²) in [7, 11) is 0. The number of carbonyl (C=O) groups excluding carboxylic acids is 3. The highest BCUT2D eigenvalue weighted by atomic mass is 16.2. The fraction of sp³-hybridized carbons (Fsp3) is 0.292. The molecule has 1 aromatic heterocycles. The molecule has 0 saturated heterocycles. The van der Waals surface area contributed by atoms with Gasteiger partial charge in [0, 0.05) is 10.9 Å². The molecule has 0 saturated carbocycles. The van der Waals surface area contributed by atoms with E-state index >= 15 is 0 Å². The highest BCUT2D eigenvalue weighted by Gasteiger charge is 2.40. The lowest BCUT2D eigenvalue weighted by molar-refractivity contribution is -0.127. The van der Waals surface area contributed by atoms with Crippen molar-refractivity contribution in [3.05, 3.63) is 71.4 Å². The summed E-state index contributed by atoms with van der Waals surface area (Å²) < 4.78 is 1.46. The highest BCUT2D eigenvalue weighted by Crippen LogP contribution is 2.30. The number of para-hydroxylation sites is 1. The molecule has 0 spiro atoms. The number of amides is 2. The predicted octanol–water partition coefficient (Wildman–Crippen LogP) is 3.70. The van der Waals surface area contributed by atoms with Gasteiger partial charge in [-0.15, -0.1) is 0 Å². The lowest BCUT2D eigenvalue weighted by Gasteiger charge is -2.35. The van der Waals surface area contributed by atoms with Crippen molar-refractivity contribution in [3.8, 4) is 0 Å². The third-order valence-corrected chi connectivity index (χ3v) is 5.20. The van der Waals surface area contributed by atoms with E-state index in [1.807, 2.05) is 76.2 Å². The Morgan fingerprint density at radius 2 is 1.70 bits per heavy atom. The van der Waals surface area contributed by atoms with Crippen molar-refractivity contribution < 1.29 is 14.4 Å². The molecular formula is C24H25N3O3. The van der Waals surface area contributed by atoms with Crippen molar-refractivity contribution in [2.45, 2.75) is 39.3 Å². The monoisotopic (exact) mass is 403 g/mol. The Hall–Kier alpha value is -3.41. The lowest BCUT2D eigenvalue weighted by Crippen LogP contribution is -2.53. The van der Waals surface area contributed by atoms with E-state index in [0.29, 0.717) is 11.1 Å². The number of rotatable bonds is 3. The summed E-state index contributed by atoms with van der Waals surface area (Å²) in [5.41, 5.74) is 2.24. The lowest BCUT2D eigenvalue weighted by atomic mass is 9.99. The van der Waals surface area contributed by atoms with Crippen LogP contribution in [0.3, 0.4) is 0 Å². The van der Waals surface area contributed by atoms with Gasteiger partial charge in [0.2, 0.25) is 5.91 Å². The van der Waals surface area contributed by atoms with Crippen LogP contribution in [0.1, 0.15) is 53.2 Å². The van der Waals surface area contributed by atoms with E-state index in [1.54, 1.807) is 6.07 Å². The van der Waals surface area contributed by atoms with Gasteiger partial charge in [-0.2, -0.15) is 0 Å². The van der Waals surface area contributed by atoms with E-state index in [-0.39, 0.29) is 30.0 Å². The fourth-order valence-electron chi connectivity index (χ4n) is 3.88. The molecule has 1 atom stereocenters. The maximum Gasteiger partial charge on any atom is 0.272 e. The molecule has 2 heterocycles. The quantitative estimate of drug-likeness (QED) is 0.725. The number of hydrogen-bond acceptors (Lipinski definition) is 3. The Morgan fingerprint density at radius 1 is 1.03 bits per heavy atom. The van der Waals surface area contributed by atoms with Crippen LogP contribution < -0.4 is 5.32 Å². The SMILES string of the molecule is Cc1ccc(C(C(=O)NC(C)(C)C)N2CC(=O)n3c(cc4ccccc43)C2=O)cc1. The predicted molar refractivity (Wildman–Crippen MR) is 115 cm³/mol. The van der Waals surface area contributed by atoms with Gasteiger partial charge in [0.05, 0.1) is 5.52 Å². The van der Waals surface area contributed by atoms with Crippen LogP contribution in [-0.2, 0) is 4.79 Å². The molecule has 2 aromatic carbocycles. The minimum atomic E-state index is -0.895. The molecule has 0 aliphatic carbocycles. The van der Waals surface area contributed by atoms with Gasteiger partial charge in [0.15, 0.2) is 0 Å². The molecular weight excluding hydrogens is 378 g/mol. The van der Waals surface area contributed by atoms with E-state index in [2.05, 4.69) is 5.32 Å². The normalized spacial score (nSPS) is 15.3. The number of hydrogen-bond donors (Lipinski definition) is 1. The van der Waals surface area contributed by atoms with Crippen LogP contribution in [0, 0.1) is 6.92 Å². The second-order valence-electron chi connectivity index (χ2n) is 8.80. The van der Waals surface area contributed by atoms with E-state index in [4.69, 9.17) is 0 Å². The number of nitrogens with zero attached hydrogens (tertiary/aromatic N) is 2. The second-order valence-corrected chi connectivity index (χ2v) is 8.80. The van der Waals surface area contributed by atoms with Crippen LogP contribution >= 0.6 is 0 Å². The van der Waals surface area contributed by atoms with Gasteiger partial charge < -0.3 is 10.2 Å². The molecule has 1 N–H and O–H groups in total. The van der Waals surface area contributed by atoms with Crippen LogP contribution in [-0.4, -0.2) is 39.3 Å². The zero-order chi connectivity index (χ0) is 21.6. The number of carbonyl (C=O) groups is 3. The van der Waals surface area contributed by atoms with Crippen molar-refractivity contribution in [1.29, 1.82) is 0 Å². The molecule has 154 valence electrons. The minimum absolute atomic E-state index is 0.166. The summed E-state index contributed by atoms with van der Waals surface area (Å²) in [4.78, 5) is 41.1. The van der Waals surface area contributed by atoms with E-state index in [9.17, 15) is 14.4 Å². The zero-order valence-corrected chi connectivity index (χ0v) is 17.6. The summed E-state index contributed by atoms with van der Waals surface area (Å²) in [6.45, 7) is 7.46. The van der Waals surface area contributed by atoms with Gasteiger partial charge in [-0.3, -0.25) is 19.0 Å².